The second kappa shape index (κ2) is 10.7. The Labute approximate surface area is 223 Å². The number of nitrogens with one attached hydrogen (secondary N) is 1. The highest BCUT2D eigenvalue weighted by Crippen LogP contribution is 2.46. The fourth-order valence-corrected chi connectivity index (χ4v) is 6.27. The third-order valence-electron chi connectivity index (χ3n) is 6.82. The lowest BCUT2D eigenvalue weighted by atomic mass is 9.79. The van der Waals surface area contributed by atoms with Crippen LogP contribution in [0.5, 0.6) is 0 Å². The zero-order valence-electron chi connectivity index (χ0n) is 21.0. The SMILES string of the molecule is CSc1nc2c(F)c(Br)c(CCC#N)cc2c(NC2C3CC2N(C(=O)OC(C)(C)C)C3)c1CCCO. The van der Waals surface area contributed by atoms with Crippen LogP contribution in [-0.2, 0) is 17.6 Å². The molecule has 0 spiro atoms. The topological polar surface area (TPSA) is 98.5 Å². The molecule has 3 aliphatic rings. The van der Waals surface area contributed by atoms with E-state index in [2.05, 4.69) is 32.3 Å². The molecule has 7 nitrogen and oxygen atoms in total. The third kappa shape index (κ3) is 5.15. The summed E-state index contributed by atoms with van der Waals surface area (Å²) >= 11 is 4.82. The number of carbonyl (C=O) groups excluding carboxylic acids is 1. The summed E-state index contributed by atoms with van der Waals surface area (Å²) < 4.78 is 21.5. The number of aliphatic hydroxyl groups is 1. The molecule has 3 fully saturated rings. The van der Waals surface area contributed by atoms with E-state index in [4.69, 9.17) is 10.00 Å². The van der Waals surface area contributed by atoms with Crippen molar-refractivity contribution in [2.24, 2.45) is 5.92 Å². The molecule has 5 rings (SSSR count). The lowest BCUT2D eigenvalue weighted by Crippen LogP contribution is -2.50. The number of fused-ring (bicyclic) bond motifs is 2. The van der Waals surface area contributed by atoms with Crippen molar-refractivity contribution in [3.63, 3.8) is 0 Å². The molecule has 2 N–H and O–H groups in total. The Morgan fingerprint density at radius 2 is 2.19 bits per heavy atom. The van der Waals surface area contributed by atoms with Crippen LogP contribution in [0.3, 0.4) is 0 Å². The summed E-state index contributed by atoms with van der Waals surface area (Å²) in [6.07, 6.45) is 4.33. The zero-order valence-corrected chi connectivity index (χ0v) is 23.4. The highest BCUT2D eigenvalue weighted by Gasteiger charge is 2.55. The molecule has 1 aromatic carbocycles. The molecule has 36 heavy (non-hydrogen) atoms. The standard InChI is InChI=1S/C26H32BrFN4O3S/c1-26(2,3)35-25(34)32-13-15-12-18(32)21(15)30-22-16(8-6-10-33)24(36-4)31-23-17(22)11-14(7-5-9-29)19(27)20(23)28/h11,15,18,21,33H,5-8,10,12-13H2,1-4H3,(H,30,31). The fourth-order valence-electron chi connectivity index (χ4n) is 5.13. The van der Waals surface area contributed by atoms with Crippen molar-refractivity contribution in [1.29, 1.82) is 5.26 Å². The molecule has 2 bridgehead atoms. The summed E-state index contributed by atoms with van der Waals surface area (Å²) in [7, 11) is 0. The maximum Gasteiger partial charge on any atom is 0.410 e. The van der Waals surface area contributed by atoms with E-state index in [-0.39, 0.29) is 42.6 Å². The quantitative estimate of drug-likeness (QED) is 0.390. The van der Waals surface area contributed by atoms with Crippen molar-refractivity contribution in [1.82, 2.24) is 9.88 Å². The molecule has 1 aliphatic carbocycles. The average molecular weight is 580 g/mol. The van der Waals surface area contributed by atoms with Crippen molar-refractivity contribution in [2.75, 3.05) is 24.7 Å². The summed E-state index contributed by atoms with van der Waals surface area (Å²) in [6, 6.07) is 4.05. The van der Waals surface area contributed by atoms with Gasteiger partial charge in [-0.3, -0.25) is 0 Å². The van der Waals surface area contributed by atoms with Gasteiger partial charge in [0, 0.05) is 42.1 Å². The number of hydrogen-bond donors (Lipinski definition) is 2. The van der Waals surface area contributed by atoms with Crippen LogP contribution in [0.2, 0.25) is 0 Å². The van der Waals surface area contributed by atoms with Crippen molar-refractivity contribution >= 4 is 50.4 Å². The number of amides is 1. The smallest absolute Gasteiger partial charge is 0.410 e. The first-order chi connectivity index (χ1) is 17.1. The molecule has 2 aromatic rings. The Balaban J connectivity index is 1.76. The number of aliphatic hydroxyl groups excluding tert-OH is 1. The van der Waals surface area contributed by atoms with Gasteiger partial charge in [0.15, 0.2) is 5.82 Å². The number of nitriles is 1. The van der Waals surface area contributed by atoms with E-state index in [0.717, 1.165) is 17.7 Å². The molecule has 194 valence electrons. The van der Waals surface area contributed by atoms with E-state index in [0.29, 0.717) is 46.3 Å². The van der Waals surface area contributed by atoms with Crippen LogP contribution in [0.4, 0.5) is 14.9 Å². The normalized spacial score (nSPS) is 20.8. The van der Waals surface area contributed by atoms with E-state index < -0.39 is 11.4 Å². The molecule has 1 aromatic heterocycles. The number of benzene rings is 1. The van der Waals surface area contributed by atoms with Gasteiger partial charge >= 0.3 is 6.09 Å². The van der Waals surface area contributed by atoms with Gasteiger partial charge in [0.05, 0.1) is 22.6 Å². The van der Waals surface area contributed by atoms with Gasteiger partial charge in [-0.25, -0.2) is 14.2 Å². The van der Waals surface area contributed by atoms with Gasteiger partial charge in [0.1, 0.15) is 16.1 Å². The molecule has 2 aliphatic heterocycles. The van der Waals surface area contributed by atoms with Crippen molar-refractivity contribution in [3.05, 3.63) is 27.5 Å². The highest BCUT2D eigenvalue weighted by atomic mass is 79.9. The summed E-state index contributed by atoms with van der Waals surface area (Å²) in [5, 5.41) is 23.7. The van der Waals surface area contributed by atoms with E-state index in [9.17, 15) is 9.90 Å². The maximum atomic E-state index is 15.6. The summed E-state index contributed by atoms with van der Waals surface area (Å²) in [4.78, 5) is 19.3. The van der Waals surface area contributed by atoms with Crippen LogP contribution in [0.15, 0.2) is 15.6 Å². The number of nitrogens with zero attached hydrogens (tertiary/aromatic N) is 3. The second-order valence-electron chi connectivity index (χ2n) is 10.4. The van der Waals surface area contributed by atoms with Crippen molar-refractivity contribution < 1.29 is 19.0 Å². The minimum Gasteiger partial charge on any atom is -0.444 e. The second-order valence-corrected chi connectivity index (χ2v) is 12.0. The van der Waals surface area contributed by atoms with Crippen LogP contribution >= 0.6 is 27.7 Å². The first-order valence-corrected chi connectivity index (χ1v) is 14.2. The summed E-state index contributed by atoms with van der Waals surface area (Å²) in [5.74, 6) is -0.174. The molecule has 1 saturated carbocycles. The monoisotopic (exact) mass is 578 g/mol. The van der Waals surface area contributed by atoms with Gasteiger partial charge in [-0.1, -0.05) is 0 Å². The predicted molar refractivity (Wildman–Crippen MR) is 143 cm³/mol. The van der Waals surface area contributed by atoms with E-state index in [1.807, 2.05) is 33.1 Å². The highest BCUT2D eigenvalue weighted by molar-refractivity contribution is 9.10. The largest absolute Gasteiger partial charge is 0.444 e. The summed E-state index contributed by atoms with van der Waals surface area (Å²) in [5.41, 5.74) is 2.14. The van der Waals surface area contributed by atoms with Crippen molar-refractivity contribution in [2.45, 2.75) is 75.6 Å². The lowest BCUT2D eigenvalue weighted by molar-refractivity contribution is 0.0239. The number of hydrogen-bond acceptors (Lipinski definition) is 7. The fraction of sp³-hybridized carbons (Fsp3) is 0.577. The molecule has 2 saturated heterocycles. The van der Waals surface area contributed by atoms with Gasteiger partial charge in [0.25, 0.3) is 0 Å². The average Bonchev–Trinajstić information content (AvgIpc) is 3.42. The molecule has 3 atom stereocenters. The lowest BCUT2D eigenvalue weighted by Gasteiger charge is -2.38. The molecule has 3 unspecified atom stereocenters. The number of pyridine rings is 1. The number of carbonyl (C=O) groups is 1. The van der Waals surface area contributed by atoms with Crippen LogP contribution in [0.1, 0.15) is 51.2 Å². The van der Waals surface area contributed by atoms with Crippen LogP contribution in [0.25, 0.3) is 10.9 Å². The van der Waals surface area contributed by atoms with Crippen LogP contribution in [0, 0.1) is 23.1 Å². The predicted octanol–water partition coefficient (Wildman–Crippen LogP) is 5.66. The third-order valence-corrected chi connectivity index (χ3v) is 8.40. The first kappa shape index (κ1) is 27.0. The molecule has 0 radical (unpaired) electrons. The number of halogens is 2. The Morgan fingerprint density at radius 1 is 1.44 bits per heavy atom. The van der Waals surface area contributed by atoms with Gasteiger partial charge in [-0.2, -0.15) is 5.26 Å². The first-order valence-electron chi connectivity index (χ1n) is 12.2. The molecule has 1 amide bonds. The number of rotatable bonds is 8. The Kier molecular flexibility index (Phi) is 8.03. The molecule has 10 heteroatoms. The number of anilines is 1. The van der Waals surface area contributed by atoms with E-state index in [1.165, 1.54) is 11.8 Å². The van der Waals surface area contributed by atoms with E-state index in [1.54, 1.807) is 4.90 Å². The Hall–Kier alpha value is -2.09. The molecule has 3 heterocycles. The zero-order chi connectivity index (χ0) is 26.2. The van der Waals surface area contributed by atoms with E-state index >= 15 is 4.39 Å². The van der Waals surface area contributed by atoms with Crippen LogP contribution < -0.4 is 5.32 Å². The van der Waals surface area contributed by atoms with Crippen molar-refractivity contribution in [3.8, 4) is 6.07 Å². The number of aryl methyl sites for hydroxylation is 1. The minimum atomic E-state index is -0.566. The minimum absolute atomic E-state index is 0.00478. The van der Waals surface area contributed by atoms with Gasteiger partial charge in [0.2, 0.25) is 0 Å². The van der Waals surface area contributed by atoms with Gasteiger partial charge in [-0.05, 0) is 80.3 Å². The number of aromatic nitrogens is 1. The number of ether oxygens (including phenoxy) is 1. The Morgan fingerprint density at radius 3 is 2.83 bits per heavy atom. The molecular formula is C26H32BrFN4O3S. The van der Waals surface area contributed by atoms with Crippen LogP contribution in [-0.4, -0.2) is 58.2 Å². The maximum absolute atomic E-state index is 15.6. The van der Waals surface area contributed by atoms with Gasteiger partial charge in [-0.15, -0.1) is 11.8 Å². The Bertz CT molecular complexity index is 1210. The number of thioether (sulfide) groups is 1. The van der Waals surface area contributed by atoms with Gasteiger partial charge < -0.3 is 20.1 Å². The summed E-state index contributed by atoms with van der Waals surface area (Å²) in [6.45, 7) is 6.23. The molecular weight excluding hydrogens is 547 g/mol.